The van der Waals surface area contributed by atoms with Crippen LogP contribution in [0.3, 0.4) is 0 Å². The van der Waals surface area contributed by atoms with E-state index < -0.39 is 18.8 Å². The van der Waals surface area contributed by atoms with Crippen molar-refractivity contribution < 1.29 is 20.1 Å². The van der Waals surface area contributed by atoms with Crippen LogP contribution >= 0.6 is 23.2 Å². The minimum absolute atomic E-state index is 0.331. The van der Waals surface area contributed by atoms with Crippen LogP contribution in [0.2, 0.25) is 10.0 Å². The fraction of sp³-hybridized carbons (Fsp3) is 0.250. The van der Waals surface area contributed by atoms with Crippen molar-refractivity contribution in [1.82, 2.24) is 0 Å². The first-order valence-corrected chi connectivity index (χ1v) is 7.40. The number of aliphatic hydroxyl groups excluding tert-OH is 3. The largest absolute Gasteiger partial charge is 0.489 e. The highest BCUT2D eigenvalue weighted by Gasteiger charge is 2.17. The molecule has 2 aromatic carbocycles. The summed E-state index contributed by atoms with van der Waals surface area (Å²) in [5.41, 5.74) is 1.39. The topological polar surface area (TPSA) is 69.9 Å². The molecule has 0 aromatic heterocycles. The number of hydrogen-bond donors (Lipinski definition) is 3. The zero-order valence-corrected chi connectivity index (χ0v) is 13.1. The summed E-state index contributed by atoms with van der Waals surface area (Å²) in [6.45, 7) is -0.172. The Balaban J connectivity index is 1.98. The third kappa shape index (κ3) is 4.35. The molecule has 2 rings (SSSR count). The second kappa shape index (κ2) is 7.81. The smallest absolute Gasteiger partial charge is 0.119 e. The lowest BCUT2D eigenvalue weighted by atomic mass is 10.1. The van der Waals surface area contributed by atoms with Gasteiger partial charge in [0.05, 0.1) is 16.7 Å². The third-order valence-electron chi connectivity index (χ3n) is 3.16. The first kappa shape index (κ1) is 17.1. The van der Waals surface area contributed by atoms with Crippen LogP contribution in [0.5, 0.6) is 5.75 Å². The minimum Gasteiger partial charge on any atom is -0.489 e. The van der Waals surface area contributed by atoms with E-state index in [0.29, 0.717) is 28.0 Å². The van der Waals surface area contributed by atoms with Gasteiger partial charge in [0, 0.05) is 0 Å². The van der Waals surface area contributed by atoms with Crippen molar-refractivity contribution in [2.45, 2.75) is 18.8 Å². The van der Waals surface area contributed by atoms with E-state index in [9.17, 15) is 10.2 Å². The first-order valence-electron chi connectivity index (χ1n) is 6.65. The Bertz CT molecular complexity index is 616. The zero-order valence-electron chi connectivity index (χ0n) is 11.6. The summed E-state index contributed by atoms with van der Waals surface area (Å²) in [5.74, 6) is 0.612. The molecule has 6 heteroatoms. The average Bonchev–Trinajstić information content (AvgIpc) is 2.55. The second-order valence-electron chi connectivity index (χ2n) is 4.80. The van der Waals surface area contributed by atoms with E-state index in [-0.39, 0.29) is 0 Å². The van der Waals surface area contributed by atoms with Gasteiger partial charge < -0.3 is 20.1 Å². The van der Waals surface area contributed by atoms with Crippen molar-refractivity contribution in [3.63, 3.8) is 0 Å². The van der Waals surface area contributed by atoms with E-state index >= 15 is 0 Å². The Morgan fingerprint density at radius 3 is 2.23 bits per heavy atom. The Morgan fingerprint density at radius 1 is 0.955 bits per heavy atom. The van der Waals surface area contributed by atoms with Gasteiger partial charge >= 0.3 is 0 Å². The lowest BCUT2D eigenvalue weighted by molar-refractivity contribution is -0.0152. The molecule has 0 aliphatic rings. The predicted molar refractivity (Wildman–Crippen MR) is 85.3 cm³/mol. The SMILES string of the molecule is OCC(O)C(O)c1ccc(OCc2ccc(Cl)c(Cl)c2)cc1. The Kier molecular flexibility index (Phi) is 6.06. The third-order valence-corrected chi connectivity index (χ3v) is 3.90. The molecule has 3 N–H and O–H groups in total. The molecule has 0 aliphatic carbocycles. The molecule has 0 saturated heterocycles. The van der Waals surface area contributed by atoms with Gasteiger partial charge in [0.15, 0.2) is 0 Å². The summed E-state index contributed by atoms with van der Waals surface area (Å²) in [4.78, 5) is 0. The highest BCUT2D eigenvalue weighted by molar-refractivity contribution is 6.42. The van der Waals surface area contributed by atoms with Gasteiger partial charge in [-0.3, -0.25) is 0 Å². The van der Waals surface area contributed by atoms with Crippen molar-refractivity contribution in [3.8, 4) is 5.75 Å². The zero-order chi connectivity index (χ0) is 16.1. The van der Waals surface area contributed by atoms with Crippen LogP contribution in [0.15, 0.2) is 42.5 Å². The first-order chi connectivity index (χ1) is 10.5. The summed E-state index contributed by atoms with van der Waals surface area (Å²) >= 11 is 11.8. The van der Waals surface area contributed by atoms with E-state index in [1.807, 2.05) is 6.07 Å². The molecule has 0 radical (unpaired) electrons. The predicted octanol–water partition coefficient (Wildman–Crippen LogP) is 2.96. The van der Waals surface area contributed by atoms with Gasteiger partial charge in [-0.25, -0.2) is 0 Å². The molecule has 0 amide bonds. The molecular weight excluding hydrogens is 327 g/mol. The van der Waals surface area contributed by atoms with Crippen molar-refractivity contribution >= 4 is 23.2 Å². The Hall–Kier alpha value is -1.30. The standard InChI is InChI=1S/C16H16Cl2O4/c17-13-6-1-10(7-14(13)18)9-22-12-4-2-11(3-5-12)16(21)15(20)8-19/h1-7,15-16,19-21H,8-9H2. The monoisotopic (exact) mass is 342 g/mol. The molecule has 0 heterocycles. The summed E-state index contributed by atoms with van der Waals surface area (Å²) in [6, 6.07) is 11.9. The van der Waals surface area contributed by atoms with Crippen LogP contribution in [0, 0.1) is 0 Å². The van der Waals surface area contributed by atoms with Gasteiger partial charge in [-0.2, -0.15) is 0 Å². The van der Waals surface area contributed by atoms with Crippen LogP contribution in [0.1, 0.15) is 17.2 Å². The van der Waals surface area contributed by atoms with Gasteiger partial charge in [-0.1, -0.05) is 41.4 Å². The van der Waals surface area contributed by atoms with Gasteiger partial charge in [-0.05, 0) is 35.4 Å². The highest BCUT2D eigenvalue weighted by Crippen LogP contribution is 2.24. The maximum Gasteiger partial charge on any atom is 0.119 e. The number of ether oxygens (including phenoxy) is 1. The molecule has 0 bridgehead atoms. The van der Waals surface area contributed by atoms with Crippen LogP contribution in [0.25, 0.3) is 0 Å². The fourth-order valence-electron chi connectivity index (χ4n) is 1.88. The number of halogens is 2. The summed E-state index contributed by atoms with van der Waals surface area (Å²) in [6.07, 6.45) is -2.34. The van der Waals surface area contributed by atoms with Crippen molar-refractivity contribution in [2.75, 3.05) is 6.61 Å². The van der Waals surface area contributed by atoms with Gasteiger partial charge in [0.2, 0.25) is 0 Å². The lowest BCUT2D eigenvalue weighted by Gasteiger charge is -2.16. The molecule has 2 atom stereocenters. The van der Waals surface area contributed by atoms with Crippen LogP contribution in [0.4, 0.5) is 0 Å². The maximum atomic E-state index is 9.77. The van der Waals surface area contributed by atoms with Crippen LogP contribution < -0.4 is 4.74 Å². The summed E-state index contributed by atoms with van der Waals surface area (Å²) in [5, 5.41) is 28.9. The van der Waals surface area contributed by atoms with E-state index in [0.717, 1.165) is 5.56 Å². The number of rotatable bonds is 6. The van der Waals surface area contributed by atoms with Crippen LogP contribution in [-0.4, -0.2) is 28.0 Å². The fourth-order valence-corrected chi connectivity index (χ4v) is 2.20. The van der Waals surface area contributed by atoms with E-state index in [4.69, 9.17) is 33.0 Å². The van der Waals surface area contributed by atoms with E-state index in [1.54, 1.807) is 36.4 Å². The molecule has 2 aromatic rings. The van der Waals surface area contributed by atoms with Crippen molar-refractivity contribution in [3.05, 3.63) is 63.6 Å². The number of hydrogen-bond acceptors (Lipinski definition) is 4. The van der Waals surface area contributed by atoms with Gasteiger partial charge in [0.1, 0.15) is 24.6 Å². The number of benzene rings is 2. The molecule has 22 heavy (non-hydrogen) atoms. The molecule has 0 spiro atoms. The van der Waals surface area contributed by atoms with Crippen molar-refractivity contribution in [2.24, 2.45) is 0 Å². The van der Waals surface area contributed by atoms with Gasteiger partial charge in [-0.15, -0.1) is 0 Å². The molecular formula is C16H16Cl2O4. The summed E-state index contributed by atoms with van der Waals surface area (Å²) in [7, 11) is 0. The lowest BCUT2D eigenvalue weighted by Crippen LogP contribution is -2.21. The molecule has 4 nitrogen and oxygen atoms in total. The quantitative estimate of drug-likeness (QED) is 0.754. The van der Waals surface area contributed by atoms with Gasteiger partial charge in [0.25, 0.3) is 0 Å². The molecule has 118 valence electrons. The van der Waals surface area contributed by atoms with E-state index in [2.05, 4.69) is 0 Å². The number of aliphatic hydroxyl groups is 3. The average molecular weight is 343 g/mol. The molecule has 0 fully saturated rings. The highest BCUT2D eigenvalue weighted by atomic mass is 35.5. The molecule has 2 unspecified atom stereocenters. The Labute approximate surface area is 138 Å². The normalized spacial score (nSPS) is 13.7. The molecule has 0 saturated carbocycles. The second-order valence-corrected chi connectivity index (χ2v) is 5.62. The summed E-state index contributed by atoms with van der Waals surface area (Å²) < 4.78 is 5.61. The minimum atomic E-state index is -1.21. The maximum absolute atomic E-state index is 9.77. The molecule has 0 aliphatic heterocycles. The van der Waals surface area contributed by atoms with E-state index in [1.165, 1.54) is 0 Å². The van der Waals surface area contributed by atoms with Crippen LogP contribution in [-0.2, 0) is 6.61 Å². The Morgan fingerprint density at radius 2 is 1.64 bits per heavy atom. The van der Waals surface area contributed by atoms with Crippen molar-refractivity contribution in [1.29, 1.82) is 0 Å².